The normalized spacial score (nSPS) is 26.8. The van der Waals surface area contributed by atoms with Gasteiger partial charge in [0.25, 0.3) is 0 Å². The largest absolute Gasteiger partial charge is 0.369 e. The van der Waals surface area contributed by atoms with E-state index in [-0.39, 0.29) is 11.8 Å². The van der Waals surface area contributed by atoms with Crippen LogP contribution in [0.1, 0.15) is 32.1 Å². The molecule has 1 fully saturated rings. The van der Waals surface area contributed by atoms with E-state index in [0.29, 0.717) is 6.04 Å². The molecule has 0 bridgehead atoms. The fourth-order valence-electron chi connectivity index (χ4n) is 1.93. The van der Waals surface area contributed by atoms with Crippen LogP contribution in [0.25, 0.3) is 0 Å². The van der Waals surface area contributed by atoms with Crippen molar-refractivity contribution in [1.29, 1.82) is 0 Å². The Kier molecular flexibility index (Phi) is 4.48. The van der Waals surface area contributed by atoms with Crippen LogP contribution < -0.4 is 11.1 Å². The Labute approximate surface area is 85.4 Å². The predicted molar refractivity (Wildman–Crippen MR) is 56.4 cm³/mol. The third kappa shape index (κ3) is 3.39. The first-order chi connectivity index (χ1) is 6.74. The minimum atomic E-state index is -0.146. The number of amides is 1. The molecule has 1 saturated carbocycles. The summed E-state index contributed by atoms with van der Waals surface area (Å²) >= 11 is 0. The summed E-state index contributed by atoms with van der Waals surface area (Å²) in [7, 11) is 0. The summed E-state index contributed by atoms with van der Waals surface area (Å²) in [6, 6.07) is 0.527. The smallest absolute Gasteiger partial charge is 0.220 e. The molecule has 0 aliphatic heterocycles. The van der Waals surface area contributed by atoms with Crippen LogP contribution in [0.15, 0.2) is 0 Å². The van der Waals surface area contributed by atoms with Crippen molar-refractivity contribution < 1.29 is 4.79 Å². The molecule has 0 radical (unpaired) electrons. The summed E-state index contributed by atoms with van der Waals surface area (Å²) in [5, 5.41) is 3.39. The van der Waals surface area contributed by atoms with Gasteiger partial charge < -0.3 is 11.1 Å². The Balaban J connectivity index is 2.16. The summed E-state index contributed by atoms with van der Waals surface area (Å²) in [5.74, 6) is 2.55. The number of primary amides is 1. The Morgan fingerprint density at radius 3 is 2.57 bits per heavy atom. The standard InChI is InChI=1S/C11H18N2O/c1-2-3-8-13-10-6-4-9(5-7-10)11(12)14/h1,9-10,13H,3-8H2,(H2,12,14). The van der Waals surface area contributed by atoms with E-state index in [1.165, 1.54) is 0 Å². The Morgan fingerprint density at radius 2 is 2.07 bits per heavy atom. The monoisotopic (exact) mass is 194 g/mol. The molecule has 0 atom stereocenters. The summed E-state index contributed by atoms with van der Waals surface area (Å²) < 4.78 is 0. The fraction of sp³-hybridized carbons (Fsp3) is 0.727. The molecule has 0 aromatic rings. The zero-order valence-electron chi connectivity index (χ0n) is 8.46. The second kappa shape index (κ2) is 5.66. The molecule has 1 aliphatic carbocycles. The second-order valence-corrected chi connectivity index (χ2v) is 3.86. The second-order valence-electron chi connectivity index (χ2n) is 3.86. The fourth-order valence-corrected chi connectivity index (χ4v) is 1.93. The van der Waals surface area contributed by atoms with E-state index in [2.05, 4.69) is 11.2 Å². The lowest BCUT2D eigenvalue weighted by Crippen LogP contribution is -2.36. The Morgan fingerprint density at radius 1 is 1.43 bits per heavy atom. The SMILES string of the molecule is C#CCCNC1CCC(C(N)=O)CC1. The van der Waals surface area contributed by atoms with Crippen LogP contribution in [0.2, 0.25) is 0 Å². The Hall–Kier alpha value is -1.01. The van der Waals surface area contributed by atoms with Gasteiger partial charge in [-0.3, -0.25) is 4.79 Å². The van der Waals surface area contributed by atoms with Crippen LogP contribution >= 0.6 is 0 Å². The maximum atomic E-state index is 10.9. The molecule has 0 saturated heterocycles. The van der Waals surface area contributed by atoms with Gasteiger partial charge in [0.2, 0.25) is 5.91 Å². The highest BCUT2D eigenvalue weighted by Crippen LogP contribution is 2.23. The van der Waals surface area contributed by atoms with Crippen LogP contribution in [0.3, 0.4) is 0 Å². The molecule has 0 spiro atoms. The lowest BCUT2D eigenvalue weighted by Gasteiger charge is -2.27. The van der Waals surface area contributed by atoms with Crippen LogP contribution in [0, 0.1) is 18.3 Å². The lowest BCUT2D eigenvalue weighted by molar-refractivity contribution is -0.122. The topological polar surface area (TPSA) is 55.1 Å². The number of nitrogens with two attached hydrogens (primary N) is 1. The molecule has 3 heteroatoms. The van der Waals surface area contributed by atoms with E-state index in [4.69, 9.17) is 12.2 Å². The van der Waals surface area contributed by atoms with Crippen LogP contribution in [0.5, 0.6) is 0 Å². The molecule has 1 aliphatic rings. The lowest BCUT2D eigenvalue weighted by atomic mass is 9.85. The number of rotatable bonds is 4. The van der Waals surface area contributed by atoms with E-state index < -0.39 is 0 Å². The van der Waals surface area contributed by atoms with Gasteiger partial charge in [-0.25, -0.2) is 0 Å². The predicted octanol–water partition coefficient (Wildman–Crippen LogP) is 0.643. The van der Waals surface area contributed by atoms with Crippen molar-refractivity contribution in [3.8, 4) is 12.3 Å². The number of terminal acetylenes is 1. The number of nitrogens with one attached hydrogen (secondary N) is 1. The number of hydrogen-bond acceptors (Lipinski definition) is 2. The molecule has 0 aromatic heterocycles. The van der Waals surface area contributed by atoms with Crippen molar-refractivity contribution in [3.63, 3.8) is 0 Å². The van der Waals surface area contributed by atoms with Gasteiger partial charge in [0, 0.05) is 24.9 Å². The first kappa shape index (κ1) is 11.1. The van der Waals surface area contributed by atoms with Gasteiger partial charge in [0.1, 0.15) is 0 Å². The molecule has 1 rings (SSSR count). The van der Waals surface area contributed by atoms with Crippen molar-refractivity contribution in [1.82, 2.24) is 5.32 Å². The summed E-state index contributed by atoms with van der Waals surface area (Å²) in [6.45, 7) is 0.877. The quantitative estimate of drug-likeness (QED) is 0.510. The van der Waals surface area contributed by atoms with Gasteiger partial charge >= 0.3 is 0 Å². The van der Waals surface area contributed by atoms with Gasteiger partial charge in [-0.15, -0.1) is 12.3 Å². The molecule has 0 heterocycles. The molecule has 14 heavy (non-hydrogen) atoms. The average Bonchev–Trinajstić information content (AvgIpc) is 2.19. The van der Waals surface area contributed by atoms with Crippen molar-refractivity contribution in [3.05, 3.63) is 0 Å². The highest BCUT2D eigenvalue weighted by atomic mass is 16.1. The van der Waals surface area contributed by atoms with E-state index >= 15 is 0 Å². The first-order valence-electron chi connectivity index (χ1n) is 5.20. The number of carbonyl (C=O) groups is 1. The maximum Gasteiger partial charge on any atom is 0.220 e. The highest BCUT2D eigenvalue weighted by molar-refractivity contribution is 5.76. The van der Waals surface area contributed by atoms with E-state index in [9.17, 15) is 4.79 Å². The summed E-state index contributed by atoms with van der Waals surface area (Å²) in [5.41, 5.74) is 5.25. The molecule has 1 amide bonds. The number of carbonyl (C=O) groups excluding carboxylic acids is 1. The zero-order chi connectivity index (χ0) is 10.4. The van der Waals surface area contributed by atoms with Crippen molar-refractivity contribution >= 4 is 5.91 Å². The van der Waals surface area contributed by atoms with E-state index in [1.807, 2.05) is 0 Å². The van der Waals surface area contributed by atoms with Crippen molar-refractivity contribution in [2.75, 3.05) is 6.54 Å². The first-order valence-corrected chi connectivity index (χ1v) is 5.20. The third-order valence-electron chi connectivity index (χ3n) is 2.83. The average molecular weight is 194 g/mol. The highest BCUT2D eigenvalue weighted by Gasteiger charge is 2.23. The minimum Gasteiger partial charge on any atom is -0.369 e. The molecule has 78 valence electrons. The molecule has 3 N–H and O–H groups in total. The third-order valence-corrected chi connectivity index (χ3v) is 2.83. The van der Waals surface area contributed by atoms with Crippen LogP contribution in [-0.4, -0.2) is 18.5 Å². The van der Waals surface area contributed by atoms with Gasteiger partial charge in [0.05, 0.1) is 0 Å². The Bertz CT molecular complexity index is 224. The minimum absolute atomic E-state index is 0.0979. The van der Waals surface area contributed by atoms with Crippen LogP contribution in [0.4, 0.5) is 0 Å². The molecule has 3 nitrogen and oxygen atoms in total. The van der Waals surface area contributed by atoms with Crippen molar-refractivity contribution in [2.24, 2.45) is 11.7 Å². The molecular formula is C11H18N2O. The summed E-state index contributed by atoms with van der Waals surface area (Å²) in [6.07, 6.45) is 9.85. The molecular weight excluding hydrogens is 176 g/mol. The van der Waals surface area contributed by atoms with E-state index in [0.717, 1.165) is 38.6 Å². The summed E-state index contributed by atoms with van der Waals surface area (Å²) in [4.78, 5) is 10.9. The van der Waals surface area contributed by atoms with Crippen LogP contribution in [-0.2, 0) is 4.79 Å². The van der Waals surface area contributed by atoms with Gasteiger partial charge in [0.15, 0.2) is 0 Å². The number of hydrogen-bond donors (Lipinski definition) is 2. The zero-order valence-corrected chi connectivity index (χ0v) is 8.46. The van der Waals surface area contributed by atoms with Crippen molar-refractivity contribution in [2.45, 2.75) is 38.1 Å². The van der Waals surface area contributed by atoms with E-state index in [1.54, 1.807) is 0 Å². The maximum absolute atomic E-state index is 10.9. The van der Waals surface area contributed by atoms with Gasteiger partial charge in [-0.05, 0) is 25.7 Å². The van der Waals surface area contributed by atoms with Gasteiger partial charge in [-0.1, -0.05) is 0 Å². The molecule has 0 aromatic carbocycles. The van der Waals surface area contributed by atoms with Gasteiger partial charge in [-0.2, -0.15) is 0 Å². The molecule has 0 unspecified atom stereocenters.